The Hall–Kier alpha value is -2.63. The number of hydrogen-bond acceptors (Lipinski definition) is 3. The van der Waals surface area contributed by atoms with E-state index >= 15 is 0 Å². The normalized spacial score (nSPS) is 11.1. The molecule has 2 aromatic carbocycles. The van der Waals surface area contributed by atoms with E-state index in [-0.39, 0.29) is 11.6 Å². The molecule has 0 radical (unpaired) electrons. The highest BCUT2D eigenvalue weighted by Gasteiger charge is 2.14. The van der Waals surface area contributed by atoms with Crippen molar-refractivity contribution in [3.8, 4) is 0 Å². The van der Waals surface area contributed by atoms with Crippen molar-refractivity contribution in [2.75, 3.05) is 20.3 Å². The van der Waals surface area contributed by atoms with E-state index in [0.717, 1.165) is 11.1 Å². The third kappa shape index (κ3) is 6.02. The number of amides is 2. The summed E-state index contributed by atoms with van der Waals surface area (Å²) in [5.74, 6) is -0.746. The maximum Gasteiger partial charge on any atom is 0.267 e. The second-order valence-electron chi connectivity index (χ2n) is 5.68. The Kier molecular flexibility index (Phi) is 7.38. The van der Waals surface area contributed by atoms with E-state index in [0.29, 0.717) is 23.7 Å². The Labute approximate surface area is 158 Å². The van der Waals surface area contributed by atoms with Crippen LogP contribution in [0.4, 0.5) is 0 Å². The van der Waals surface area contributed by atoms with Gasteiger partial charge in [-0.1, -0.05) is 41.4 Å². The summed E-state index contributed by atoms with van der Waals surface area (Å²) in [6, 6.07) is 14.1. The van der Waals surface area contributed by atoms with E-state index in [1.807, 2.05) is 19.1 Å². The van der Waals surface area contributed by atoms with Crippen molar-refractivity contribution in [1.29, 1.82) is 0 Å². The standard InChI is InChI=1S/C20H21ClN2O3/c1-14-3-7-16(8-4-14)19(24)23-18(20(25)22-11-12-26-2)13-15-5-9-17(21)10-6-15/h3-10,13H,11-12H2,1-2H3,(H,22,25)(H,23,24)/b18-13-. The predicted molar refractivity (Wildman–Crippen MR) is 103 cm³/mol. The monoisotopic (exact) mass is 372 g/mol. The van der Waals surface area contributed by atoms with Crippen LogP contribution in [0.15, 0.2) is 54.2 Å². The van der Waals surface area contributed by atoms with Gasteiger partial charge in [-0.3, -0.25) is 9.59 Å². The number of benzene rings is 2. The van der Waals surface area contributed by atoms with Gasteiger partial charge in [0.2, 0.25) is 0 Å². The maximum absolute atomic E-state index is 12.5. The van der Waals surface area contributed by atoms with Crippen LogP contribution in [0.2, 0.25) is 5.02 Å². The van der Waals surface area contributed by atoms with Crippen LogP contribution in [-0.2, 0) is 9.53 Å². The van der Waals surface area contributed by atoms with E-state index in [1.54, 1.807) is 49.6 Å². The largest absolute Gasteiger partial charge is 0.383 e. The first-order valence-corrected chi connectivity index (χ1v) is 8.50. The average molecular weight is 373 g/mol. The van der Waals surface area contributed by atoms with E-state index in [1.165, 1.54) is 0 Å². The molecule has 2 N–H and O–H groups in total. The van der Waals surface area contributed by atoms with Crippen LogP contribution in [0.1, 0.15) is 21.5 Å². The lowest BCUT2D eigenvalue weighted by Gasteiger charge is -2.11. The number of carbonyl (C=O) groups excluding carboxylic acids is 2. The first kappa shape index (κ1) is 19.7. The predicted octanol–water partition coefficient (Wildman–Crippen LogP) is 3.18. The molecule has 136 valence electrons. The molecule has 0 heterocycles. The molecule has 0 spiro atoms. The van der Waals surface area contributed by atoms with E-state index < -0.39 is 5.91 Å². The molecule has 5 nitrogen and oxygen atoms in total. The zero-order chi connectivity index (χ0) is 18.9. The molecular formula is C20H21ClN2O3. The van der Waals surface area contributed by atoms with Crippen LogP contribution in [0, 0.1) is 6.92 Å². The summed E-state index contributed by atoms with van der Waals surface area (Å²) in [5, 5.41) is 5.98. The number of ether oxygens (including phenoxy) is 1. The van der Waals surface area contributed by atoms with Gasteiger partial charge in [0.15, 0.2) is 0 Å². The van der Waals surface area contributed by atoms with Crippen molar-refractivity contribution >= 4 is 29.5 Å². The molecule has 0 aromatic heterocycles. The van der Waals surface area contributed by atoms with Gasteiger partial charge in [0, 0.05) is 24.2 Å². The fraction of sp³-hybridized carbons (Fsp3) is 0.200. The molecule has 0 atom stereocenters. The van der Waals surface area contributed by atoms with Crippen molar-refractivity contribution in [2.45, 2.75) is 6.92 Å². The van der Waals surface area contributed by atoms with Gasteiger partial charge in [-0.15, -0.1) is 0 Å². The molecule has 2 aromatic rings. The number of hydrogen-bond donors (Lipinski definition) is 2. The van der Waals surface area contributed by atoms with Gasteiger partial charge in [-0.25, -0.2) is 0 Å². The summed E-state index contributed by atoms with van der Waals surface area (Å²) in [7, 11) is 1.55. The molecule has 0 aliphatic carbocycles. The molecule has 0 aliphatic heterocycles. The van der Waals surface area contributed by atoms with E-state index in [2.05, 4.69) is 10.6 Å². The van der Waals surface area contributed by atoms with Gasteiger partial charge in [0.1, 0.15) is 5.70 Å². The smallest absolute Gasteiger partial charge is 0.267 e. The summed E-state index contributed by atoms with van der Waals surface area (Å²) < 4.78 is 4.93. The fourth-order valence-electron chi connectivity index (χ4n) is 2.15. The van der Waals surface area contributed by atoms with Crippen molar-refractivity contribution in [3.05, 3.63) is 75.9 Å². The third-order valence-electron chi connectivity index (χ3n) is 3.58. The average Bonchev–Trinajstić information content (AvgIpc) is 2.63. The maximum atomic E-state index is 12.5. The van der Waals surface area contributed by atoms with Crippen LogP contribution in [0.3, 0.4) is 0 Å². The molecule has 26 heavy (non-hydrogen) atoms. The molecule has 0 aliphatic rings. The molecule has 0 bridgehead atoms. The first-order chi connectivity index (χ1) is 12.5. The lowest BCUT2D eigenvalue weighted by molar-refractivity contribution is -0.117. The zero-order valence-electron chi connectivity index (χ0n) is 14.7. The Bertz CT molecular complexity index is 784. The van der Waals surface area contributed by atoms with Gasteiger partial charge in [-0.05, 0) is 42.8 Å². The fourth-order valence-corrected chi connectivity index (χ4v) is 2.27. The summed E-state index contributed by atoms with van der Waals surface area (Å²) >= 11 is 5.89. The number of carbonyl (C=O) groups is 2. The first-order valence-electron chi connectivity index (χ1n) is 8.12. The number of halogens is 1. The second kappa shape index (κ2) is 9.75. The number of rotatable bonds is 7. The molecule has 0 fully saturated rings. The molecule has 2 amide bonds. The summed E-state index contributed by atoms with van der Waals surface area (Å²) in [5.41, 5.74) is 2.42. The number of methoxy groups -OCH3 is 1. The second-order valence-corrected chi connectivity index (χ2v) is 6.11. The van der Waals surface area contributed by atoms with Crippen molar-refractivity contribution in [1.82, 2.24) is 10.6 Å². The van der Waals surface area contributed by atoms with E-state index in [9.17, 15) is 9.59 Å². The highest BCUT2D eigenvalue weighted by molar-refractivity contribution is 6.30. The Morgan fingerprint density at radius 2 is 1.73 bits per heavy atom. The zero-order valence-corrected chi connectivity index (χ0v) is 15.5. The van der Waals surface area contributed by atoms with Crippen molar-refractivity contribution < 1.29 is 14.3 Å². The highest BCUT2D eigenvalue weighted by atomic mass is 35.5. The molecule has 0 saturated heterocycles. The van der Waals surface area contributed by atoms with Gasteiger partial charge in [0.05, 0.1) is 6.61 Å². The highest BCUT2D eigenvalue weighted by Crippen LogP contribution is 2.12. The minimum absolute atomic E-state index is 0.147. The SMILES string of the molecule is COCCNC(=O)/C(=C/c1ccc(Cl)cc1)NC(=O)c1ccc(C)cc1. The number of nitrogens with one attached hydrogen (secondary N) is 2. The molecule has 0 unspecified atom stereocenters. The van der Waals surface area contributed by atoms with Crippen molar-refractivity contribution in [2.24, 2.45) is 0 Å². The van der Waals surface area contributed by atoms with E-state index in [4.69, 9.17) is 16.3 Å². The lowest BCUT2D eigenvalue weighted by Crippen LogP contribution is -2.36. The minimum Gasteiger partial charge on any atom is -0.383 e. The summed E-state index contributed by atoms with van der Waals surface area (Å²) in [6.45, 7) is 2.66. The van der Waals surface area contributed by atoms with Crippen LogP contribution >= 0.6 is 11.6 Å². The van der Waals surface area contributed by atoms with Crippen LogP contribution in [0.5, 0.6) is 0 Å². The Morgan fingerprint density at radius 3 is 2.35 bits per heavy atom. The van der Waals surface area contributed by atoms with Gasteiger partial charge < -0.3 is 15.4 Å². The summed E-state index contributed by atoms with van der Waals surface area (Å²) in [4.78, 5) is 24.9. The lowest BCUT2D eigenvalue weighted by atomic mass is 10.1. The summed E-state index contributed by atoms with van der Waals surface area (Å²) in [6.07, 6.45) is 1.60. The Morgan fingerprint density at radius 1 is 1.08 bits per heavy atom. The van der Waals surface area contributed by atoms with Gasteiger partial charge in [0.25, 0.3) is 11.8 Å². The minimum atomic E-state index is -0.391. The molecule has 2 rings (SSSR count). The van der Waals surface area contributed by atoms with Crippen LogP contribution in [-0.4, -0.2) is 32.1 Å². The van der Waals surface area contributed by atoms with Gasteiger partial charge >= 0.3 is 0 Å². The van der Waals surface area contributed by atoms with Crippen molar-refractivity contribution in [3.63, 3.8) is 0 Å². The van der Waals surface area contributed by atoms with Crippen LogP contribution < -0.4 is 10.6 Å². The molecule has 0 saturated carbocycles. The quantitative estimate of drug-likeness (QED) is 0.579. The molecule has 6 heteroatoms. The van der Waals surface area contributed by atoms with Gasteiger partial charge in [-0.2, -0.15) is 0 Å². The molecular weight excluding hydrogens is 352 g/mol. The third-order valence-corrected chi connectivity index (χ3v) is 3.83. The van der Waals surface area contributed by atoms with Crippen LogP contribution in [0.25, 0.3) is 6.08 Å². The topological polar surface area (TPSA) is 67.4 Å². The number of aryl methyl sites for hydroxylation is 1. The Balaban J connectivity index is 2.21.